The molecule has 0 aromatic heterocycles. The summed E-state index contributed by atoms with van der Waals surface area (Å²) in [5.74, 6) is -0.115. The maximum atomic E-state index is 12.8. The molecule has 0 N–H and O–H groups in total. The van der Waals surface area contributed by atoms with Crippen molar-refractivity contribution in [3.05, 3.63) is 107 Å². The van der Waals surface area contributed by atoms with Crippen molar-refractivity contribution in [3.8, 4) is 0 Å². The molecule has 1 fully saturated rings. The van der Waals surface area contributed by atoms with Gasteiger partial charge in [0, 0.05) is 25.1 Å². The third-order valence-corrected chi connectivity index (χ3v) is 7.66. The Bertz CT molecular complexity index is 1140. The van der Waals surface area contributed by atoms with Gasteiger partial charge in [-0.2, -0.15) is 0 Å². The van der Waals surface area contributed by atoms with Crippen LogP contribution in [0.25, 0.3) is 0 Å². The lowest BCUT2D eigenvalue weighted by Gasteiger charge is -2.34. The standard InChI is InChI=1S/C34H41NO4/c1-4-38-33(37)34(2,3)29-19-17-26(18-20-29)31(36)16-11-23-35-24-21-30(22-25-35)39-32(27-12-7-5-8-13-27)28-14-9-6-10-15-28/h5-10,12-15,17-20,30,32H,4,11,16,21-25H2,1-3H3. The molecule has 0 bridgehead atoms. The van der Waals surface area contributed by atoms with E-state index in [-0.39, 0.29) is 24.0 Å². The minimum Gasteiger partial charge on any atom is -0.465 e. The molecule has 3 aromatic rings. The molecular weight excluding hydrogens is 486 g/mol. The van der Waals surface area contributed by atoms with Gasteiger partial charge in [-0.15, -0.1) is 0 Å². The molecule has 4 rings (SSSR count). The largest absolute Gasteiger partial charge is 0.465 e. The highest BCUT2D eigenvalue weighted by Crippen LogP contribution is 2.30. The Balaban J connectivity index is 1.23. The summed E-state index contributed by atoms with van der Waals surface area (Å²) in [4.78, 5) is 27.5. The minimum atomic E-state index is -0.740. The number of benzene rings is 3. The fourth-order valence-corrected chi connectivity index (χ4v) is 5.18. The van der Waals surface area contributed by atoms with Gasteiger partial charge in [0.2, 0.25) is 0 Å². The van der Waals surface area contributed by atoms with Crippen LogP contribution in [0.2, 0.25) is 0 Å². The maximum Gasteiger partial charge on any atom is 0.315 e. The first kappa shape index (κ1) is 28.7. The lowest BCUT2D eigenvalue weighted by atomic mass is 9.84. The van der Waals surface area contributed by atoms with Gasteiger partial charge in [0.1, 0.15) is 6.10 Å². The molecular formula is C34H41NO4. The second-order valence-electron chi connectivity index (χ2n) is 10.8. The number of rotatable bonds is 12. The predicted molar refractivity (Wildman–Crippen MR) is 155 cm³/mol. The van der Waals surface area contributed by atoms with E-state index in [9.17, 15) is 9.59 Å². The molecule has 39 heavy (non-hydrogen) atoms. The van der Waals surface area contributed by atoms with E-state index in [1.165, 1.54) is 11.1 Å². The Morgan fingerprint density at radius 1 is 0.872 bits per heavy atom. The molecule has 3 aromatic carbocycles. The van der Waals surface area contributed by atoms with Gasteiger partial charge in [0.05, 0.1) is 18.1 Å². The molecule has 1 saturated heterocycles. The van der Waals surface area contributed by atoms with Gasteiger partial charge in [-0.1, -0.05) is 84.9 Å². The van der Waals surface area contributed by atoms with E-state index >= 15 is 0 Å². The second kappa shape index (κ2) is 13.7. The zero-order valence-corrected chi connectivity index (χ0v) is 23.5. The summed E-state index contributed by atoms with van der Waals surface area (Å²) in [5, 5.41) is 0. The molecule has 0 aliphatic carbocycles. The quantitative estimate of drug-likeness (QED) is 0.192. The normalized spacial score (nSPS) is 14.9. The van der Waals surface area contributed by atoms with E-state index in [0.29, 0.717) is 18.6 Å². The molecule has 206 valence electrons. The topological polar surface area (TPSA) is 55.8 Å². The van der Waals surface area contributed by atoms with E-state index < -0.39 is 5.41 Å². The van der Waals surface area contributed by atoms with Gasteiger partial charge >= 0.3 is 5.97 Å². The number of carbonyl (C=O) groups excluding carboxylic acids is 2. The molecule has 5 nitrogen and oxygen atoms in total. The first-order valence-electron chi connectivity index (χ1n) is 14.2. The molecule has 0 saturated carbocycles. The smallest absolute Gasteiger partial charge is 0.315 e. The van der Waals surface area contributed by atoms with E-state index in [1.54, 1.807) is 6.92 Å². The van der Waals surface area contributed by atoms with E-state index in [4.69, 9.17) is 9.47 Å². The highest BCUT2D eigenvalue weighted by Gasteiger charge is 2.31. The number of esters is 1. The van der Waals surface area contributed by atoms with Crippen molar-refractivity contribution in [2.45, 2.75) is 64.1 Å². The molecule has 0 amide bonds. The highest BCUT2D eigenvalue weighted by molar-refractivity contribution is 5.96. The molecule has 5 heteroatoms. The highest BCUT2D eigenvalue weighted by atomic mass is 16.5. The summed E-state index contributed by atoms with van der Waals surface area (Å²) in [6.07, 6.45) is 3.48. The van der Waals surface area contributed by atoms with Gasteiger partial charge in [0.25, 0.3) is 0 Å². The van der Waals surface area contributed by atoms with Gasteiger partial charge in [-0.25, -0.2) is 0 Å². The predicted octanol–water partition coefficient (Wildman–Crippen LogP) is 6.76. The number of hydrogen-bond acceptors (Lipinski definition) is 5. The lowest BCUT2D eigenvalue weighted by Crippen LogP contribution is -2.38. The summed E-state index contributed by atoms with van der Waals surface area (Å²) in [6.45, 7) is 8.72. The van der Waals surface area contributed by atoms with Crippen LogP contribution in [0, 0.1) is 0 Å². The van der Waals surface area contributed by atoms with Gasteiger partial charge in [0.15, 0.2) is 5.78 Å². The van der Waals surface area contributed by atoms with Gasteiger partial charge in [-0.05, 0) is 63.3 Å². The van der Waals surface area contributed by atoms with Crippen LogP contribution in [0.5, 0.6) is 0 Å². The SMILES string of the molecule is CCOC(=O)C(C)(C)c1ccc(C(=O)CCCN2CCC(OC(c3ccccc3)c3ccccc3)CC2)cc1. The minimum absolute atomic E-state index is 0.0594. The molecule has 0 radical (unpaired) electrons. The summed E-state index contributed by atoms with van der Waals surface area (Å²) < 4.78 is 11.9. The average molecular weight is 528 g/mol. The summed E-state index contributed by atoms with van der Waals surface area (Å²) in [6, 6.07) is 28.3. The van der Waals surface area contributed by atoms with Crippen LogP contribution < -0.4 is 0 Å². The number of ketones is 1. The number of carbonyl (C=O) groups is 2. The number of Topliss-reactive ketones (excluding diaryl/α,β-unsaturated/α-hetero) is 1. The number of nitrogens with zero attached hydrogens (tertiary/aromatic N) is 1. The second-order valence-corrected chi connectivity index (χ2v) is 10.8. The fourth-order valence-electron chi connectivity index (χ4n) is 5.18. The molecule has 0 unspecified atom stereocenters. The summed E-state index contributed by atoms with van der Waals surface area (Å²) in [5.41, 5.74) is 3.17. The average Bonchev–Trinajstić information content (AvgIpc) is 2.97. The van der Waals surface area contributed by atoms with Crippen molar-refractivity contribution in [2.24, 2.45) is 0 Å². The zero-order chi connectivity index (χ0) is 27.7. The molecule has 1 aliphatic heterocycles. The van der Waals surface area contributed by atoms with Crippen molar-refractivity contribution in [1.29, 1.82) is 0 Å². The Labute approximate surface area is 233 Å². The first-order valence-corrected chi connectivity index (χ1v) is 14.2. The van der Waals surface area contributed by atoms with Gasteiger partial charge < -0.3 is 14.4 Å². The Hall–Kier alpha value is -3.28. The first-order chi connectivity index (χ1) is 18.9. The third kappa shape index (κ3) is 7.65. The van der Waals surface area contributed by atoms with Crippen molar-refractivity contribution >= 4 is 11.8 Å². The van der Waals surface area contributed by atoms with Crippen LogP contribution >= 0.6 is 0 Å². The fraction of sp³-hybridized carbons (Fsp3) is 0.412. The van der Waals surface area contributed by atoms with Crippen molar-refractivity contribution < 1.29 is 19.1 Å². The zero-order valence-electron chi connectivity index (χ0n) is 23.5. The van der Waals surface area contributed by atoms with Crippen molar-refractivity contribution in [3.63, 3.8) is 0 Å². The third-order valence-electron chi connectivity index (χ3n) is 7.66. The molecule has 0 spiro atoms. The van der Waals surface area contributed by atoms with Gasteiger partial charge in [-0.3, -0.25) is 9.59 Å². The Morgan fingerprint density at radius 2 is 1.44 bits per heavy atom. The lowest BCUT2D eigenvalue weighted by molar-refractivity contribution is -0.148. The molecule has 1 aliphatic rings. The Kier molecular flexibility index (Phi) is 10.1. The van der Waals surface area contributed by atoms with Crippen LogP contribution in [-0.2, 0) is 19.7 Å². The summed E-state index contributed by atoms with van der Waals surface area (Å²) >= 11 is 0. The Morgan fingerprint density at radius 3 is 1.97 bits per heavy atom. The van der Waals surface area contributed by atoms with E-state index in [1.807, 2.05) is 50.2 Å². The number of piperidine rings is 1. The van der Waals surface area contributed by atoms with E-state index in [0.717, 1.165) is 44.5 Å². The van der Waals surface area contributed by atoms with Crippen LogP contribution in [0.1, 0.15) is 79.6 Å². The molecule has 0 atom stereocenters. The van der Waals surface area contributed by atoms with Crippen LogP contribution in [0.15, 0.2) is 84.9 Å². The maximum absolute atomic E-state index is 12.8. The number of likely N-dealkylation sites (tertiary alicyclic amines) is 1. The van der Waals surface area contributed by atoms with Crippen LogP contribution in [-0.4, -0.2) is 49.0 Å². The number of ether oxygens (including phenoxy) is 2. The monoisotopic (exact) mass is 527 g/mol. The van der Waals surface area contributed by atoms with Crippen LogP contribution in [0.3, 0.4) is 0 Å². The van der Waals surface area contributed by atoms with Crippen molar-refractivity contribution in [2.75, 3.05) is 26.2 Å². The van der Waals surface area contributed by atoms with Crippen molar-refractivity contribution in [1.82, 2.24) is 4.90 Å². The van der Waals surface area contributed by atoms with Crippen LogP contribution in [0.4, 0.5) is 0 Å². The number of hydrogen-bond donors (Lipinski definition) is 0. The van der Waals surface area contributed by atoms with E-state index in [2.05, 4.69) is 53.4 Å². The summed E-state index contributed by atoms with van der Waals surface area (Å²) in [7, 11) is 0. The molecule has 1 heterocycles.